The first-order valence-corrected chi connectivity index (χ1v) is 7.70. The predicted octanol–water partition coefficient (Wildman–Crippen LogP) is 1.86. The van der Waals surface area contributed by atoms with Crippen LogP contribution in [0.1, 0.15) is 39.4 Å². The Morgan fingerprint density at radius 3 is 2.70 bits per heavy atom. The first kappa shape index (κ1) is 15.0. The molecule has 6 heteroatoms. The summed E-state index contributed by atoms with van der Waals surface area (Å²) in [6, 6.07) is 1.71. The van der Waals surface area contributed by atoms with Crippen molar-refractivity contribution in [3.8, 4) is 0 Å². The number of aromatic carboxylic acids is 1. The molecule has 20 heavy (non-hydrogen) atoms. The Morgan fingerprint density at radius 1 is 1.40 bits per heavy atom. The van der Waals surface area contributed by atoms with Gasteiger partial charge in [-0.1, -0.05) is 0 Å². The average molecular weight is 296 g/mol. The number of likely N-dealkylation sites (tertiary alicyclic amines) is 1. The molecular formula is C14H20N2O3S. The number of amides is 1. The number of carbonyl (C=O) groups excluding carboxylic acids is 1. The Hall–Kier alpha value is -1.40. The maximum atomic E-state index is 11.8. The van der Waals surface area contributed by atoms with Gasteiger partial charge in [0.05, 0.1) is 0 Å². The number of nitrogens with one attached hydrogen (secondary N) is 1. The van der Waals surface area contributed by atoms with E-state index >= 15 is 0 Å². The molecule has 0 aliphatic carbocycles. The van der Waals surface area contributed by atoms with Crippen molar-refractivity contribution < 1.29 is 14.7 Å². The van der Waals surface area contributed by atoms with Gasteiger partial charge in [0.1, 0.15) is 4.88 Å². The number of hydrogen-bond donors (Lipinski definition) is 2. The maximum Gasteiger partial charge on any atom is 0.345 e. The third-order valence-electron chi connectivity index (χ3n) is 3.52. The minimum atomic E-state index is -0.881. The number of nitrogens with zero attached hydrogens (tertiary/aromatic N) is 1. The van der Waals surface area contributed by atoms with Gasteiger partial charge in [-0.25, -0.2) is 4.79 Å². The van der Waals surface area contributed by atoms with Crippen molar-refractivity contribution in [1.82, 2.24) is 10.2 Å². The smallest absolute Gasteiger partial charge is 0.345 e. The molecule has 1 aromatic heterocycles. The van der Waals surface area contributed by atoms with Crippen molar-refractivity contribution in [3.63, 3.8) is 0 Å². The quantitative estimate of drug-likeness (QED) is 0.786. The lowest BCUT2D eigenvalue weighted by Gasteiger charge is -2.15. The highest BCUT2D eigenvalue weighted by molar-refractivity contribution is 7.14. The molecule has 2 rings (SSSR count). The zero-order valence-electron chi connectivity index (χ0n) is 11.6. The van der Waals surface area contributed by atoms with Crippen LogP contribution >= 0.6 is 11.3 Å². The molecule has 1 aliphatic rings. The van der Waals surface area contributed by atoms with Gasteiger partial charge in [0.15, 0.2) is 0 Å². The zero-order valence-corrected chi connectivity index (χ0v) is 12.5. The molecule has 1 aromatic rings. The van der Waals surface area contributed by atoms with E-state index in [1.165, 1.54) is 11.3 Å². The van der Waals surface area contributed by atoms with Crippen LogP contribution in [0.4, 0.5) is 0 Å². The Labute approximate surface area is 122 Å². The van der Waals surface area contributed by atoms with E-state index in [0.717, 1.165) is 36.4 Å². The molecule has 0 radical (unpaired) electrons. The lowest BCUT2D eigenvalue weighted by molar-refractivity contribution is -0.130. The van der Waals surface area contributed by atoms with E-state index in [2.05, 4.69) is 5.32 Å². The van der Waals surface area contributed by atoms with Crippen LogP contribution < -0.4 is 5.32 Å². The second-order valence-corrected chi connectivity index (χ2v) is 6.27. The molecule has 0 unspecified atom stereocenters. The molecule has 2 heterocycles. The van der Waals surface area contributed by atoms with Gasteiger partial charge in [-0.05, 0) is 31.4 Å². The number of carboxylic acid groups (broad SMARTS) is 1. The van der Waals surface area contributed by atoms with Gasteiger partial charge in [-0.3, -0.25) is 4.79 Å². The normalized spacial score (nSPS) is 14.8. The van der Waals surface area contributed by atoms with Crippen molar-refractivity contribution in [2.45, 2.75) is 32.7 Å². The summed E-state index contributed by atoms with van der Waals surface area (Å²) >= 11 is 1.29. The van der Waals surface area contributed by atoms with E-state index in [4.69, 9.17) is 5.11 Å². The zero-order chi connectivity index (χ0) is 14.5. The van der Waals surface area contributed by atoms with Gasteiger partial charge in [0.2, 0.25) is 5.91 Å². The minimum absolute atomic E-state index is 0.211. The van der Waals surface area contributed by atoms with Crippen LogP contribution in [-0.4, -0.2) is 41.5 Å². The van der Waals surface area contributed by atoms with Crippen molar-refractivity contribution in [2.75, 3.05) is 19.6 Å². The summed E-state index contributed by atoms with van der Waals surface area (Å²) in [4.78, 5) is 26.0. The first-order valence-electron chi connectivity index (χ1n) is 6.89. The molecular weight excluding hydrogens is 276 g/mol. The second kappa shape index (κ2) is 6.85. The second-order valence-electron chi connectivity index (χ2n) is 5.01. The van der Waals surface area contributed by atoms with Gasteiger partial charge in [0, 0.05) is 37.5 Å². The molecule has 0 atom stereocenters. The van der Waals surface area contributed by atoms with Crippen LogP contribution in [0.5, 0.6) is 0 Å². The van der Waals surface area contributed by atoms with E-state index in [1.54, 1.807) is 6.07 Å². The number of hydrogen-bond acceptors (Lipinski definition) is 4. The van der Waals surface area contributed by atoms with Gasteiger partial charge >= 0.3 is 5.97 Å². The molecule has 2 N–H and O–H groups in total. The van der Waals surface area contributed by atoms with Crippen LogP contribution in [0, 0.1) is 6.92 Å². The largest absolute Gasteiger partial charge is 0.477 e. The maximum absolute atomic E-state index is 11.8. The highest BCUT2D eigenvalue weighted by Crippen LogP contribution is 2.21. The van der Waals surface area contributed by atoms with Crippen molar-refractivity contribution in [2.24, 2.45) is 0 Å². The minimum Gasteiger partial charge on any atom is -0.477 e. The third-order valence-corrected chi connectivity index (χ3v) is 4.60. The molecule has 0 spiro atoms. The van der Waals surface area contributed by atoms with Crippen LogP contribution in [-0.2, 0) is 11.3 Å². The Balaban J connectivity index is 1.73. The van der Waals surface area contributed by atoms with Gasteiger partial charge in [-0.2, -0.15) is 0 Å². The van der Waals surface area contributed by atoms with Gasteiger partial charge < -0.3 is 15.3 Å². The lowest BCUT2D eigenvalue weighted by atomic mass is 10.2. The van der Waals surface area contributed by atoms with Crippen molar-refractivity contribution >= 4 is 23.2 Å². The van der Waals surface area contributed by atoms with Gasteiger partial charge in [0.25, 0.3) is 0 Å². The molecule has 0 bridgehead atoms. The summed E-state index contributed by atoms with van der Waals surface area (Å²) < 4.78 is 0. The molecule has 110 valence electrons. The molecule has 0 saturated carbocycles. The summed E-state index contributed by atoms with van der Waals surface area (Å²) in [7, 11) is 0. The van der Waals surface area contributed by atoms with Crippen molar-refractivity contribution in [3.05, 3.63) is 21.4 Å². The number of thiophene rings is 1. The molecule has 1 aliphatic heterocycles. The fourth-order valence-corrected chi connectivity index (χ4v) is 3.22. The fraction of sp³-hybridized carbons (Fsp3) is 0.571. The van der Waals surface area contributed by atoms with E-state index in [-0.39, 0.29) is 5.91 Å². The molecule has 1 fully saturated rings. The molecule has 0 aromatic carbocycles. The monoisotopic (exact) mass is 296 g/mol. The van der Waals surface area contributed by atoms with Crippen LogP contribution in [0.25, 0.3) is 0 Å². The summed E-state index contributed by atoms with van der Waals surface area (Å²) in [6.07, 6.45) is 2.74. The molecule has 1 saturated heterocycles. The van der Waals surface area contributed by atoms with E-state index in [1.807, 2.05) is 11.8 Å². The van der Waals surface area contributed by atoms with E-state index in [9.17, 15) is 9.59 Å². The summed E-state index contributed by atoms with van der Waals surface area (Å²) in [5.74, 6) is -0.670. The first-order chi connectivity index (χ1) is 9.58. The Kier molecular flexibility index (Phi) is 5.14. The fourth-order valence-electron chi connectivity index (χ4n) is 2.34. The average Bonchev–Trinajstić information content (AvgIpc) is 3.04. The SMILES string of the molecule is Cc1sc(C(=O)O)cc1CNCCC(=O)N1CCCC1. The Morgan fingerprint density at radius 2 is 2.10 bits per heavy atom. The van der Waals surface area contributed by atoms with Gasteiger partial charge in [-0.15, -0.1) is 11.3 Å². The van der Waals surface area contributed by atoms with Crippen LogP contribution in [0.2, 0.25) is 0 Å². The lowest BCUT2D eigenvalue weighted by Crippen LogP contribution is -2.30. The summed E-state index contributed by atoms with van der Waals surface area (Å²) in [6.45, 7) is 4.95. The number of rotatable bonds is 6. The predicted molar refractivity (Wildman–Crippen MR) is 78.2 cm³/mol. The van der Waals surface area contributed by atoms with Crippen LogP contribution in [0.3, 0.4) is 0 Å². The topological polar surface area (TPSA) is 69.6 Å². The number of carbonyl (C=O) groups is 2. The third kappa shape index (κ3) is 3.80. The highest BCUT2D eigenvalue weighted by Gasteiger charge is 2.17. The summed E-state index contributed by atoms with van der Waals surface area (Å²) in [5, 5.41) is 12.1. The Bertz CT molecular complexity index is 493. The standard InChI is InChI=1S/C14H20N2O3S/c1-10-11(8-12(20-10)14(18)19)9-15-5-4-13(17)16-6-2-3-7-16/h8,15H,2-7,9H2,1H3,(H,18,19). The van der Waals surface area contributed by atoms with Crippen molar-refractivity contribution in [1.29, 1.82) is 0 Å². The molecule has 1 amide bonds. The van der Waals surface area contributed by atoms with E-state index < -0.39 is 5.97 Å². The molecule has 5 nitrogen and oxygen atoms in total. The number of carboxylic acids is 1. The highest BCUT2D eigenvalue weighted by atomic mass is 32.1. The summed E-state index contributed by atoms with van der Waals surface area (Å²) in [5.41, 5.74) is 1.00. The van der Waals surface area contributed by atoms with E-state index in [0.29, 0.717) is 24.4 Å². The van der Waals surface area contributed by atoms with Crippen LogP contribution in [0.15, 0.2) is 6.07 Å². The number of aryl methyl sites for hydroxylation is 1.